The molecule has 0 bridgehead atoms. The predicted molar refractivity (Wildman–Crippen MR) is 88.5 cm³/mol. The summed E-state index contributed by atoms with van der Waals surface area (Å²) in [5, 5.41) is 19.1. The summed E-state index contributed by atoms with van der Waals surface area (Å²) in [6, 6.07) is 6.63. The highest BCUT2D eigenvalue weighted by molar-refractivity contribution is 5.75. The largest absolute Gasteiger partial charge is 0.508 e. The van der Waals surface area contributed by atoms with E-state index in [1.54, 1.807) is 24.3 Å². The zero-order chi connectivity index (χ0) is 16.2. The van der Waals surface area contributed by atoms with Crippen molar-refractivity contribution in [2.75, 3.05) is 26.2 Å². The molecule has 126 valence electrons. The number of phenols is 1. The van der Waals surface area contributed by atoms with Crippen LogP contribution in [0.15, 0.2) is 24.3 Å². The minimum absolute atomic E-state index is 0.168. The van der Waals surface area contributed by atoms with Crippen molar-refractivity contribution in [2.45, 2.75) is 44.2 Å². The third-order valence-corrected chi connectivity index (χ3v) is 5.21. The van der Waals surface area contributed by atoms with Crippen molar-refractivity contribution in [2.24, 2.45) is 0 Å². The number of rotatable bonds is 4. The summed E-state index contributed by atoms with van der Waals surface area (Å²) in [5.41, 5.74) is 0.740. The van der Waals surface area contributed by atoms with Crippen LogP contribution < -0.4 is 0 Å². The van der Waals surface area contributed by atoms with Gasteiger partial charge in [-0.05, 0) is 43.5 Å². The van der Waals surface area contributed by atoms with Crippen molar-refractivity contribution >= 4 is 5.97 Å². The summed E-state index contributed by atoms with van der Waals surface area (Å²) >= 11 is 0. The number of phenolic OH excluding ortho intramolecular Hbond substituents is 1. The van der Waals surface area contributed by atoms with Crippen molar-refractivity contribution < 1.29 is 15.0 Å². The Morgan fingerprint density at radius 3 is 2.35 bits per heavy atom. The zero-order valence-electron chi connectivity index (χ0n) is 13.5. The molecule has 0 radical (unpaired) electrons. The van der Waals surface area contributed by atoms with Gasteiger partial charge in [0.2, 0.25) is 0 Å². The highest BCUT2D eigenvalue weighted by Crippen LogP contribution is 2.27. The van der Waals surface area contributed by atoms with Crippen LogP contribution in [0.25, 0.3) is 0 Å². The normalized spacial score (nSPS) is 22.8. The van der Waals surface area contributed by atoms with E-state index >= 15 is 0 Å². The quantitative estimate of drug-likeness (QED) is 0.893. The molecule has 5 nitrogen and oxygen atoms in total. The molecule has 1 aliphatic carbocycles. The second kappa shape index (κ2) is 7.32. The maximum absolute atomic E-state index is 11.8. The summed E-state index contributed by atoms with van der Waals surface area (Å²) in [6.45, 7) is 3.62. The molecule has 3 rings (SSSR count). The molecule has 0 amide bonds. The Bertz CT molecular complexity index is 526. The molecule has 1 aliphatic heterocycles. The molecule has 2 N–H and O–H groups in total. The fourth-order valence-corrected chi connectivity index (χ4v) is 4.02. The standard InChI is InChI=1S/C18H26N2O3/c21-16-8-6-14(7-9-16)17(18(22)23)20-11-3-10-19(12-13-20)15-4-1-2-5-15/h6-9,15,17,21H,1-5,10-13H2,(H,22,23)/t17-/m0/s1. The summed E-state index contributed by atoms with van der Waals surface area (Å²) in [4.78, 5) is 16.4. The summed E-state index contributed by atoms with van der Waals surface area (Å²) in [5.74, 6) is -0.647. The van der Waals surface area contributed by atoms with E-state index in [-0.39, 0.29) is 5.75 Å². The van der Waals surface area contributed by atoms with Gasteiger partial charge in [-0.15, -0.1) is 0 Å². The van der Waals surface area contributed by atoms with Crippen molar-refractivity contribution in [3.05, 3.63) is 29.8 Å². The van der Waals surface area contributed by atoms with E-state index in [9.17, 15) is 15.0 Å². The molecule has 1 aromatic rings. The summed E-state index contributed by atoms with van der Waals surface area (Å²) < 4.78 is 0. The number of carboxylic acid groups (broad SMARTS) is 1. The number of nitrogens with zero attached hydrogens (tertiary/aromatic N) is 2. The lowest BCUT2D eigenvalue weighted by molar-refractivity contribution is -0.143. The molecule has 2 aliphatic rings. The minimum Gasteiger partial charge on any atom is -0.508 e. The Morgan fingerprint density at radius 1 is 1.00 bits per heavy atom. The molecule has 5 heteroatoms. The van der Waals surface area contributed by atoms with Crippen molar-refractivity contribution in [1.29, 1.82) is 0 Å². The Labute approximate surface area is 137 Å². The lowest BCUT2D eigenvalue weighted by Crippen LogP contribution is -2.39. The number of benzene rings is 1. The maximum atomic E-state index is 11.8. The SMILES string of the molecule is O=C(O)[C@H](c1ccc(O)cc1)N1CCCN(C2CCCC2)CC1. The minimum atomic E-state index is -0.815. The fraction of sp³-hybridized carbons (Fsp3) is 0.611. The third kappa shape index (κ3) is 3.85. The van der Waals surface area contributed by atoms with E-state index < -0.39 is 12.0 Å². The van der Waals surface area contributed by atoms with Gasteiger partial charge >= 0.3 is 5.97 Å². The van der Waals surface area contributed by atoms with E-state index in [0.29, 0.717) is 6.04 Å². The first-order valence-electron chi connectivity index (χ1n) is 8.65. The molecule has 1 heterocycles. The van der Waals surface area contributed by atoms with Gasteiger partial charge < -0.3 is 10.2 Å². The number of hydrogen-bond donors (Lipinski definition) is 2. The molecule has 0 unspecified atom stereocenters. The molecular weight excluding hydrogens is 292 g/mol. The van der Waals surface area contributed by atoms with E-state index in [1.165, 1.54) is 25.7 Å². The van der Waals surface area contributed by atoms with Crippen LogP contribution in [-0.4, -0.2) is 58.2 Å². The van der Waals surface area contributed by atoms with Gasteiger partial charge in [-0.2, -0.15) is 0 Å². The Morgan fingerprint density at radius 2 is 1.70 bits per heavy atom. The van der Waals surface area contributed by atoms with Crippen LogP contribution in [0.5, 0.6) is 5.75 Å². The smallest absolute Gasteiger partial charge is 0.325 e. The first-order valence-corrected chi connectivity index (χ1v) is 8.65. The monoisotopic (exact) mass is 318 g/mol. The Hall–Kier alpha value is -1.59. The molecule has 1 aromatic carbocycles. The average Bonchev–Trinajstić information content (AvgIpc) is 2.96. The Kier molecular flexibility index (Phi) is 5.18. The average molecular weight is 318 g/mol. The van der Waals surface area contributed by atoms with Crippen molar-refractivity contribution in [3.8, 4) is 5.75 Å². The summed E-state index contributed by atoms with van der Waals surface area (Å²) in [6.07, 6.45) is 6.26. The highest BCUT2D eigenvalue weighted by Gasteiger charge is 2.31. The van der Waals surface area contributed by atoms with Gasteiger partial charge in [-0.25, -0.2) is 0 Å². The summed E-state index contributed by atoms with van der Waals surface area (Å²) in [7, 11) is 0. The highest BCUT2D eigenvalue weighted by atomic mass is 16.4. The van der Waals surface area contributed by atoms with Crippen molar-refractivity contribution in [1.82, 2.24) is 9.80 Å². The molecule has 1 saturated carbocycles. The topological polar surface area (TPSA) is 64.0 Å². The number of carboxylic acids is 1. The molecular formula is C18H26N2O3. The van der Waals surface area contributed by atoms with E-state index in [0.717, 1.165) is 38.2 Å². The van der Waals surface area contributed by atoms with E-state index in [1.807, 2.05) is 0 Å². The van der Waals surface area contributed by atoms with Crippen LogP contribution in [0.2, 0.25) is 0 Å². The predicted octanol–water partition coefficient (Wildman–Crippen LogP) is 2.47. The van der Waals surface area contributed by atoms with Crippen LogP contribution in [-0.2, 0) is 4.79 Å². The van der Waals surface area contributed by atoms with Gasteiger partial charge in [0.1, 0.15) is 11.8 Å². The van der Waals surface area contributed by atoms with E-state index in [2.05, 4.69) is 9.80 Å². The molecule has 0 spiro atoms. The molecule has 23 heavy (non-hydrogen) atoms. The Balaban J connectivity index is 1.70. The second-order valence-electron chi connectivity index (χ2n) is 6.70. The zero-order valence-corrected chi connectivity index (χ0v) is 13.5. The van der Waals surface area contributed by atoms with Crippen LogP contribution in [0.1, 0.15) is 43.7 Å². The van der Waals surface area contributed by atoms with Gasteiger partial charge in [0.15, 0.2) is 0 Å². The lowest BCUT2D eigenvalue weighted by atomic mass is 10.0. The van der Waals surface area contributed by atoms with Crippen LogP contribution in [0.4, 0.5) is 0 Å². The van der Waals surface area contributed by atoms with Crippen LogP contribution in [0.3, 0.4) is 0 Å². The van der Waals surface area contributed by atoms with Gasteiger partial charge in [-0.1, -0.05) is 25.0 Å². The third-order valence-electron chi connectivity index (χ3n) is 5.21. The number of carbonyl (C=O) groups is 1. The van der Waals surface area contributed by atoms with Crippen LogP contribution in [0, 0.1) is 0 Å². The maximum Gasteiger partial charge on any atom is 0.325 e. The molecule has 1 atom stereocenters. The van der Waals surface area contributed by atoms with Gasteiger partial charge in [-0.3, -0.25) is 14.6 Å². The fourth-order valence-electron chi connectivity index (χ4n) is 4.02. The number of aliphatic carboxylic acids is 1. The van der Waals surface area contributed by atoms with Gasteiger partial charge in [0.05, 0.1) is 0 Å². The first-order chi connectivity index (χ1) is 11.1. The first kappa shape index (κ1) is 16.3. The van der Waals surface area contributed by atoms with Gasteiger partial charge in [0.25, 0.3) is 0 Å². The second-order valence-corrected chi connectivity index (χ2v) is 6.70. The van der Waals surface area contributed by atoms with Gasteiger partial charge in [0, 0.05) is 25.7 Å². The lowest BCUT2D eigenvalue weighted by Gasteiger charge is -2.29. The number of hydrogen-bond acceptors (Lipinski definition) is 4. The molecule has 1 saturated heterocycles. The molecule has 2 fully saturated rings. The molecule has 0 aromatic heterocycles. The van der Waals surface area contributed by atoms with Crippen molar-refractivity contribution in [3.63, 3.8) is 0 Å². The van der Waals surface area contributed by atoms with E-state index in [4.69, 9.17) is 0 Å². The van der Waals surface area contributed by atoms with Crippen LogP contribution >= 0.6 is 0 Å². The number of aromatic hydroxyl groups is 1.